The number of amides is 1. The SMILES string of the molecule is O=C(OCCCCl)N1CCc2c([nH]c3ccc(Cl)cc23)C1c1ccc(OCC2OCCO2)cc1. The van der Waals surface area contributed by atoms with Gasteiger partial charge in [-0.05, 0) is 54.3 Å². The Kier molecular flexibility index (Phi) is 7.15. The molecule has 1 atom stereocenters. The summed E-state index contributed by atoms with van der Waals surface area (Å²) in [6, 6.07) is 13.2. The summed E-state index contributed by atoms with van der Waals surface area (Å²) in [6.45, 7) is 2.33. The van der Waals surface area contributed by atoms with Gasteiger partial charge in [-0.1, -0.05) is 23.7 Å². The van der Waals surface area contributed by atoms with Crippen LogP contribution in [0.25, 0.3) is 10.9 Å². The Balaban J connectivity index is 1.44. The van der Waals surface area contributed by atoms with Crippen molar-refractivity contribution >= 4 is 40.2 Å². The third kappa shape index (κ3) is 4.84. The molecule has 2 aromatic carbocycles. The van der Waals surface area contributed by atoms with Gasteiger partial charge in [0.15, 0.2) is 6.29 Å². The summed E-state index contributed by atoms with van der Waals surface area (Å²) >= 11 is 12.0. The summed E-state index contributed by atoms with van der Waals surface area (Å²) in [5, 5.41) is 1.77. The third-order valence-corrected chi connectivity index (χ3v) is 6.60. The van der Waals surface area contributed by atoms with E-state index in [1.807, 2.05) is 42.5 Å². The van der Waals surface area contributed by atoms with Gasteiger partial charge in [0, 0.05) is 34.0 Å². The highest BCUT2D eigenvalue weighted by Crippen LogP contribution is 2.39. The largest absolute Gasteiger partial charge is 0.488 e. The highest BCUT2D eigenvalue weighted by molar-refractivity contribution is 6.31. The average Bonchev–Trinajstić information content (AvgIpc) is 3.50. The number of carbonyl (C=O) groups excluding carboxylic acids is 1. The molecular weight excluding hydrogens is 479 g/mol. The molecule has 2 aliphatic rings. The molecule has 7 nitrogen and oxygen atoms in total. The number of carbonyl (C=O) groups is 1. The molecule has 1 amide bonds. The second kappa shape index (κ2) is 10.4. The summed E-state index contributed by atoms with van der Waals surface area (Å²) < 4.78 is 22.2. The van der Waals surface area contributed by atoms with Gasteiger partial charge in [0.25, 0.3) is 0 Å². The second-order valence-electron chi connectivity index (χ2n) is 8.26. The van der Waals surface area contributed by atoms with Crippen LogP contribution in [0.4, 0.5) is 4.79 Å². The molecule has 5 rings (SSSR count). The summed E-state index contributed by atoms with van der Waals surface area (Å²) in [6.07, 6.45) is 0.632. The fraction of sp³-hybridized carbons (Fsp3) is 0.400. The Morgan fingerprint density at radius 1 is 1.15 bits per heavy atom. The fourth-order valence-electron chi connectivity index (χ4n) is 4.52. The number of benzene rings is 2. The smallest absolute Gasteiger partial charge is 0.410 e. The van der Waals surface area contributed by atoms with E-state index in [1.165, 1.54) is 5.56 Å². The summed E-state index contributed by atoms with van der Waals surface area (Å²) in [5.74, 6) is 1.15. The molecule has 3 aromatic rings. The first-order valence-electron chi connectivity index (χ1n) is 11.4. The van der Waals surface area contributed by atoms with Crippen molar-refractivity contribution in [3.63, 3.8) is 0 Å². The first-order chi connectivity index (χ1) is 16.6. The number of hydrogen-bond acceptors (Lipinski definition) is 5. The molecule has 1 unspecified atom stereocenters. The van der Waals surface area contributed by atoms with Gasteiger partial charge >= 0.3 is 6.09 Å². The molecule has 0 saturated carbocycles. The van der Waals surface area contributed by atoms with Gasteiger partial charge in [0.05, 0.1) is 19.8 Å². The molecule has 3 heterocycles. The molecular formula is C25H26Cl2N2O5. The van der Waals surface area contributed by atoms with Crippen LogP contribution < -0.4 is 4.74 Å². The van der Waals surface area contributed by atoms with E-state index in [0.717, 1.165) is 22.2 Å². The Labute approximate surface area is 207 Å². The molecule has 1 N–H and O–H groups in total. The highest BCUT2D eigenvalue weighted by atomic mass is 35.5. The van der Waals surface area contributed by atoms with Crippen LogP contribution in [0.5, 0.6) is 5.75 Å². The molecule has 0 spiro atoms. The molecule has 0 aliphatic carbocycles. The summed E-state index contributed by atoms with van der Waals surface area (Å²) in [7, 11) is 0. The van der Waals surface area contributed by atoms with E-state index in [-0.39, 0.29) is 18.4 Å². The van der Waals surface area contributed by atoms with E-state index in [4.69, 9.17) is 42.1 Å². The molecule has 0 bridgehead atoms. The summed E-state index contributed by atoms with van der Waals surface area (Å²) in [4.78, 5) is 18.3. The van der Waals surface area contributed by atoms with Gasteiger partial charge in [-0.25, -0.2) is 4.79 Å². The van der Waals surface area contributed by atoms with E-state index >= 15 is 0 Å². The Hall–Kier alpha value is -2.45. The molecule has 180 valence electrons. The van der Waals surface area contributed by atoms with Crippen LogP contribution in [-0.4, -0.2) is 61.1 Å². The minimum absolute atomic E-state index is 0.290. The number of halogens is 2. The molecule has 9 heteroatoms. The number of aromatic amines is 1. The Bertz CT molecular complexity index is 1140. The van der Waals surface area contributed by atoms with Crippen LogP contribution in [0.2, 0.25) is 5.02 Å². The minimum atomic E-state index is -0.353. The number of alkyl halides is 1. The predicted octanol–water partition coefficient (Wildman–Crippen LogP) is 5.29. The van der Waals surface area contributed by atoms with Gasteiger partial charge in [-0.2, -0.15) is 0 Å². The number of H-pyrrole nitrogens is 1. The Morgan fingerprint density at radius 2 is 1.94 bits per heavy atom. The number of fused-ring (bicyclic) bond motifs is 3. The number of nitrogens with zero attached hydrogens (tertiary/aromatic N) is 1. The molecule has 1 saturated heterocycles. The number of hydrogen-bond donors (Lipinski definition) is 1. The molecule has 1 fully saturated rings. The lowest BCUT2D eigenvalue weighted by Crippen LogP contribution is -2.41. The minimum Gasteiger partial charge on any atom is -0.488 e. The quantitative estimate of drug-likeness (QED) is 0.349. The second-order valence-corrected chi connectivity index (χ2v) is 9.08. The third-order valence-electron chi connectivity index (χ3n) is 6.10. The highest BCUT2D eigenvalue weighted by Gasteiger charge is 2.35. The first kappa shape index (κ1) is 23.3. The van der Waals surface area contributed by atoms with Crippen LogP contribution in [0.3, 0.4) is 0 Å². The predicted molar refractivity (Wildman–Crippen MR) is 130 cm³/mol. The van der Waals surface area contributed by atoms with E-state index in [0.29, 0.717) is 62.5 Å². The topological polar surface area (TPSA) is 73.0 Å². The maximum Gasteiger partial charge on any atom is 0.410 e. The van der Waals surface area contributed by atoms with Crippen LogP contribution in [0.15, 0.2) is 42.5 Å². The van der Waals surface area contributed by atoms with Crippen molar-refractivity contribution in [1.82, 2.24) is 9.88 Å². The zero-order valence-electron chi connectivity index (χ0n) is 18.6. The van der Waals surface area contributed by atoms with Gasteiger partial charge in [0.2, 0.25) is 0 Å². The fourth-order valence-corrected chi connectivity index (χ4v) is 4.80. The van der Waals surface area contributed by atoms with Crippen LogP contribution in [0, 0.1) is 0 Å². The van der Waals surface area contributed by atoms with Gasteiger partial charge in [-0.15, -0.1) is 11.6 Å². The molecule has 1 aromatic heterocycles. The van der Waals surface area contributed by atoms with Crippen molar-refractivity contribution in [2.24, 2.45) is 0 Å². The lowest BCUT2D eigenvalue weighted by molar-refractivity contribution is -0.0684. The van der Waals surface area contributed by atoms with Crippen LogP contribution in [0.1, 0.15) is 29.3 Å². The zero-order chi connectivity index (χ0) is 23.5. The average molecular weight is 505 g/mol. The zero-order valence-corrected chi connectivity index (χ0v) is 20.1. The van der Waals surface area contributed by atoms with Crippen molar-refractivity contribution in [2.75, 3.05) is 38.9 Å². The normalized spacial score (nSPS) is 18.3. The van der Waals surface area contributed by atoms with Gasteiger partial charge < -0.3 is 23.9 Å². The lowest BCUT2D eigenvalue weighted by Gasteiger charge is -2.35. The van der Waals surface area contributed by atoms with Gasteiger partial charge in [-0.3, -0.25) is 4.90 Å². The van der Waals surface area contributed by atoms with E-state index in [2.05, 4.69) is 4.98 Å². The Morgan fingerprint density at radius 3 is 2.71 bits per heavy atom. The maximum absolute atomic E-state index is 13.0. The lowest BCUT2D eigenvalue weighted by atomic mass is 9.92. The van der Waals surface area contributed by atoms with Crippen molar-refractivity contribution in [3.05, 3.63) is 64.3 Å². The van der Waals surface area contributed by atoms with E-state index < -0.39 is 0 Å². The maximum atomic E-state index is 13.0. The monoisotopic (exact) mass is 504 g/mol. The molecule has 2 aliphatic heterocycles. The van der Waals surface area contributed by atoms with Crippen LogP contribution in [-0.2, 0) is 20.6 Å². The van der Waals surface area contributed by atoms with Crippen molar-refractivity contribution < 1.29 is 23.7 Å². The first-order valence-corrected chi connectivity index (χ1v) is 12.3. The molecule has 0 radical (unpaired) electrons. The van der Waals surface area contributed by atoms with Crippen LogP contribution >= 0.6 is 23.2 Å². The van der Waals surface area contributed by atoms with E-state index in [1.54, 1.807) is 4.90 Å². The number of rotatable bonds is 7. The van der Waals surface area contributed by atoms with Crippen molar-refractivity contribution in [1.29, 1.82) is 0 Å². The van der Waals surface area contributed by atoms with Gasteiger partial charge in [0.1, 0.15) is 18.4 Å². The number of aromatic nitrogens is 1. The molecule has 34 heavy (non-hydrogen) atoms. The van der Waals surface area contributed by atoms with Crippen molar-refractivity contribution in [3.8, 4) is 5.75 Å². The summed E-state index contributed by atoms with van der Waals surface area (Å²) in [5.41, 5.74) is 4.09. The van der Waals surface area contributed by atoms with E-state index in [9.17, 15) is 4.79 Å². The van der Waals surface area contributed by atoms with Crippen molar-refractivity contribution in [2.45, 2.75) is 25.2 Å². The number of ether oxygens (including phenoxy) is 4. The standard InChI is InChI=1S/C25H26Cl2N2O5/c26-9-1-11-33-25(30)29-10-8-19-20-14-17(27)4-7-21(20)28-23(19)24(29)16-2-5-18(6-3-16)34-15-22-31-12-13-32-22/h2-7,14,22,24,28H,1,8-13,15H2. The number of nitrogens with one attached hydrogen (secondary N) is 1.